The second-order valence-electron chi connectivity index (χ2n) is 9.90. The van der Waals surface area contributed by atoms with Gasteiger partial charge in [0.1, 0.15) is 13.2 Å². The van der Waals surface area contributed by atoms with Gasteiger partial charge in [-0.3, -0.25) is 18.6 Å². The van der Waals surface area contributed by atoms with E-state index in [0.29, 0.717) is 39.1 Å². The summed E-state index contributed by atoms with van der Waals surface area (Å²) in [6.07, 6.45) is 1.80. The quantitative estimate of drug-likeness (QED) is 0.322. The van der Waals surface area contributed by atoms with Crippen LogP contribution >= 0.6 is 0 Å². The molecular formula is C30H30FN5O3. The lowest BCUT2D eigenvalue weighted by Gasteiger charge is -2.13. The summed E-state index contributed by atoms with van der Waals surface area (Å²) in [5.74, 6) is -0.655. The van der Waals surface area contributed by atoms with E-state index in [9.17, 15) is 9.59 Å². The number of aryl methyl sites for hydroxylation is 5. The summed E-state index contributed by atoms with van der Waals surface area (Å²) in [6.45, 7) is 5.66. The lowest BCUT2D eigenvalue weighted by Crippen LogP contribution is -2.28. The van der Waals surface area contributed by atoms with Crippen molar-refractivity contribution in [1.29, 1.82) is 0 Å². The van der Waals surface area contributed by atoms with Crippen molar-refractivity contribution < 1.29 is 13.9 Å². The molecule has 0 aliphatic carbocycles. The maximum Gasteiger partial charge on any atom is 0.329 e. The zero-order valence-corrected chi connectivity index (χ0v) is 22.6. The number of halogens is 1. The molecule has 0 bridgehead atoms. The maximum atomic E-state index is 15.3. The van der Waals surface area contributed by atoms with Crippen LogP contribution in [0.15, 0.2) is 65.6 Å². The van der Waals surface area contributed by atoms with Gasteiger partial charge in [-0.05, 0) is 79.9 Å². The zero-order valence-electron chi connectivity index (χ0n) is 22.6. The smallest absolute Gasteiger partial charge is 0.329 e. The zero-order chi connectivity index (χ0) is 27.8. The van der Waals surface area contributed by atoms with E-state index >= 15 is 4.39 Å². The summed E-state index contributed by atoms with van der Waals surface area (Å²) in [5.41, 5.74) is 6.14. The number of hydrogen-bond acceptors (Lipinski definition) is 4. The summed E-state index contributed by atoms with van der Waals surface area (Å²) in [6, 6.07) is 16.3. The normalized spacial score (nSPS) is 11.2. The first-order chi connectivity index (χ1) is 18.6. The molecule has 0 fully saturated rings. The van der Waals surface area contributed by atoms with Crippen LogP contribution in [0, 0.1) is 26.6 Å². The summed E-state index contributed by atoms with van der Waals surface area (Å²) in [4.78, 5) is 26.1. The Balaban J connectivity index is 1.49. The molecule has 2 heterocycles. The second kappa shape index (κ2) is 10.2. The van der Waals surface area contributed by atoms with Crippen molar-refractivity contribution in [3.63, 3.8) is 0 Å². The van der Waals surface area contributed by atoms with Crippen molar-refractivity contribution in [2.75, 3.05) is 5.32 Å². The highest BCUT2D eigenvalue weighted by molar-refractivity contribution is 5.96. The first-order valence-electron chi connectivity index (χ1n) is 12.6. The van der Waals surface area contributed by atoms with Gasteiger partial charge in [-0.2, -0.15) is 5.10 Å². The maximum absolute atomic E-state index is 15.3. The fourth-order valence-electron chi connectivity index (χ4n) is 4.81. The van der Waals surface area contributed by atoms with Gasteiger partial charge in [-0.25, -0.2) is 9.18 Å². The van der Waals surface area contributed by atoms with Crippen molar-refractivity contribution in [2.24, 2.45) is 14.1 Å². The molecule has 0 spiro atoms. The Morgan fingerprint density at radius 1 is 1.00 bits per heavy atom. The van der Waals surface area contributed by atoms with Crippen LogP contribution in [0.25, 0.3) is 22.2 Å². The SMILES string of the molecule is Cc1ccc(NC(=O)Cn2c(=O)n(C)c3c(-c4cc(C)c(OCc5ccn(C)n5)c(F)c4)cc(C)cc32)cc1. The van der Waals surface area contributed by atoms with Crippen molar-refractivity contribution in [3.05, 3.63) is 99.5 Å². The molecule has 39 heavy (non-hydrogen) atoms. The number of carbonyl (C=O) groups excluding carboxylic acids is 1. The Morgan fingerprint density at radius 2 is 1.74 bits per heavy atom. The number of benzene rings is 3. The molecule has 5 rings (SSSR count). The third-order valence-corrected chi connectivity index (χ3v) is 6.69. The Morgan fingerprint density at radius 3 is 2.41 bits per heavy atom. The monoisotopic (exact) mass is 527 g/mol. The van der Waals surface area contributed by atoms with Crippen LogP contribution < -0.4 is 15.7 Å². The van der Waals surface area contributed by atoms with Crippen LogP contribution in [0.4, 0.5) is 10.1 Å². The van der Waals surface area contributed by atoms with Crippen molar-refractivity contribution in [2.45, 2.75) is 33.9 Å². The first kappa shape index (κ1) is 26.0. The van der Waals surface area contributed by atoms with Crippen LogP contribution in [0.5, 0.6) is 5.75 Å². The number of fused-ring (bicyclic) bond motifs is 1. The van der Waals surface area contributed by atoms with E-state index in [2.05, 4.69) is 10.4 Å². The molecule has 8 nitrogen and oxygen atoms in total. The molecule has 0 aliphatic heterocycles. The number of ether oxygens (including phenoxy) is 1. The van der Waals surface area contributed by atoms with Crippen molar-refractivity contribution >= 4 is 22.6 Å². The van der Waals surface area contributed by atoms with Gasteiger partial charge in [0, 0.05) is 31.5 Å². The number of nitrogens with one attached hydrogen (secondary N) is 1. The third-order valence-electron chi connectivity index (χ3n) is 6.69. The summed E-state index contributed by atoms with van der Waals surface area (Å²) in [7, 11) is 3.47. The molecule has 1 amide bonds. The molecule has 0 saturated heterocycles. The molecule has 0 unspecified atom stereocenters. The van der Waals surface area contributed by atoms with Gasteiger partial charge in [0.25, 0.3) is 0 Å². The molecule has 0 aliphatic rings. The summed E-state index contributed by atoms with van der Waals surface area (Å²) < 4.78 is 25.7. The molecule has 0 radical (unpaired) electrons. The van der Waals surface area contributed by atoms with Crippen LogP contribution in [-0.2, 0) is 32.0 Å². The third kappa shape index (κ3) is 5.20. The minimum Gasteiger partial charge on any atom is -0.484 e. The van der Waals surface area contributed by atoms with Crippen molar-refractivity contribution in [3.8, 4) is 16.9 Å². The van der Waals surface area contributed by atoms with Gasteiger partial charge in [0.2, 0.25) is 5.91 Å². The molecule has 2 aromatic heterocycles. The van der Waals surface area contributed by atoms with E-state index in [1.165, 1.54) is 15.2 Å². The van der Waals surface area contributed by atoms with Gasteiger partial charge in [0.15, 0.2) is 11.6 Å². The fourth-order valence-corrected chi connectivity index (χ4v) is 4.81. The van der Waals surface area contributed by atoms with Gasteiger partial charge >= 0.3 is 5.69 Å². The molecule has 0 saturated carbocycles. The van der Waals surface area contributed by atoms with E-state index in [0.717, 1.165) is 11.1 Å². The molecule has 9 heteroatoms. The number of amides is 1. The van der Waals surface area contributed by atoms with E-state index < -0.39 is 5.82 Å². The predicted octanol–water partition coefficient (Wildman–Crippen LogP) is 5.02. The number of aromatic nitrogens is 4. The number of rotatable bonds is 7. The van der Waals surface area contributed by atoms with Gasteiger partial charge in [0.05, 0.1) is 16.7 Å². The van der Waals surface area contributed by atoms with Crippen LogP contribution in [-0.4, -0.2) is 24.8 Å². The Labute approximate surface area is 225 Å². The highest BCUT2D eigenvalue weighted by Gasteiger charge is 2.20. The lowest BCUT2D eigenvalue weighted by molar-refractivity contribution is -0.116. The molecule has 3 aromatic carbocycles. The Kier molecular flexibility index (Phi) is 6.82. The Bertz CT molecular complexity index is 1740. The number of imidazole rings is 1. The molecular weight excluding hydrogens is 497 g/mol. The first-order valence-corrected chi connectivity index (χ1v) is 12.6. The predicted molar refractivity (Wildman–Crippen MR) is 149 cm³/mol. The fraction of sp³-hybridized carbons (Fsp3) is 0.233. The largest absolute Gasteiger partial charge is 0.484 e. The summed E-state index contributed by atoms with van der Waals surface area (Å²) in [5, 5.41) is 7.12. The number of anilines is 1. The highest BCUT2D eigenvalue weighted by Crippen LogP contribution is 2.34. The van der Waals surface area contributed by atoms with Crippen LogP contribution in [0.2, 0.25) is 0 Å². The van der Waals surface area contributed by atoms with Crippen LogP contribution in [0.3, 0.4) is 0 Å². The standard InChI is InChI=1S/C30H30FN5O3/c1-18-6-8-22(9-7-18)32-27(37)16-36-26-13-19(2)12-24(28(26)35(5)30(36)38)21-14-20(3)29(25(31)15-21)39-17-23-10-11-34(4)33-23/h6-15H,16-17H2,1-5H3,(H,32,37). The highest BCUT2D eigenvalue weighted by atomic mass is 19.1. The summed E-state index contributed by atoms with van der Waals surface area (Å²) >= 11 is 0. The molecule has 1 N–H and O–H groups in total. The topological polar surface area (TPSA) is 83.1 Å². The molecule has 200 valence electrons. The minimum atomic E-state index is -0.502. The van der Waals surface area contributed by atoms with E-state index in [1.807, 2.05) is 69.4 Å². The van der Waals surface area contributed by atoms with Crippen LogP contribution in [0.1, 0.15) is 22.4 Å². The number of nitrogens with zero attached hydrogens (tertiary/aromatic N) is 4. The second-order valence-corrected chi connectivity index (χ2v) is 9.90. The van der Waals surface area contributed by atoms with Gasteiger partial charge in [-0.15, -0.1) is 0 Å². The Hall–Kier alpha value is -4.66. The number of hydrogen-bond donors (Lipinski definition) is 1. The van der Waals surface area contributed by atoms with Gasteiger partial charge < -0.3 is 10.1 Å². The number of carbonyl (C=O) groups is 1. The van der Waals surface area contributed by atoms with E-state index in [1.54, 1.807) is 24.9 Å². The van der Waals surface area contributed by atoms with E-state index in [-0.39, 0.29) is 30.5 Å². The van der Waals surface area contributed by atoms with Gasteiger partial charge in [-0.1, -0.05) is 17.7 Å². The lowest BCUT2D eigenvalue weighted by atomic mass is 9.99. The molecule has 5 aromatic rings. The van der Waals surface area contributed by atoms with Crippen molar-refractivity contribution in [1.82, 2.24) is 18.9 Å². The average Bonchev–Trinajstić information content (AvgIpc) is 3.40. The minimum absolute atomic E-state index is 0.147. The average molecular weight is 528 g/mol. The molecule has 0 atom stereocenters. The van der Waals surface area contributed by atoms with E-state index in [4.69, 9.17) is 4.74 Å².